The van der Waals surface area contributed by atoms with Gasteiger partial charge in [0.1, 0.15) is 0 Å². The molecule has 1 aliphatic heterocycles. The standard InChI is InChI=1S/C14H16BrNO3/c1-14(2,5-6-17)8-16-12(18)10-4-3-9(15)7-11(10)13(16)19/h3-4,7,17H,5-6,8H2,1-2H3. The number of fused-ring (bicyclic) bond motifs is 1. The Morgan fingerprint density at radius 3 is 2.47 bits per heavy atom. The van der Waals surface area contributed by atoms with Crippen LogP contribution in [0.4, 0.5) is 0 Å². The molecule has 19 heavy (non-hydrogen) atoms. The molecule has 1 aromatic carbocycles. The Bertz CT molecular complexity index is 539. The monoisotopic (exact) mass is 325 g/mol. The fourth-order valence-corrected chi connectivity index (χ4v) is 2.58. The highest BCUT2D eigenvalue weighted by molar-refractivity contribution is 9.10. The van der Waals surface area contributed by atoms with Crippen molar-refractivity contribution in [1.29, 1.82) is 0 Å². The molecule has 1 N–H and O–H groups in total. The number of nitrogens with zero attached hydrogens (tertiary/aromatic N) is 1. The molecule has 0 saturated carbocycles. The van der Waals surface area contributed by atoms with Crippen molar-refractivity contribution in [2.75, 3.05) is 13.2 Å². The summed E-state index contributed by atoms with van der Waals surface area (Å²) in [7, 11) is 0. The predicted molar refractivity (Wildman–Crippen MR) is 75.0 cm³/mol. The summed E-state index contributed by atoms with van der Waals surface area (Å²) in [5, 5.41) is 9.02. The third-order valence-corrected chi connectivity index (χ3v) is 3.80. The maximum Gasteiger partial charge on any atom is 0.261 e. The Morgan fingerprint density at radius 2 is 1.84 bits per heavy atom. The van der Waals surface area contributed by atoms with Crippen molar-refractivity contribution < 1.29 is 14.7 Å². The number of hydrogen-bond acceptors (Lipinski definition) is 3. The van der Waals surface area contributed by atoms with Crippen molar-refractivity contribution in [1.82, 2.24) is 4.90 Å². The highest BCUT2D eigenvalue weighted by Crippen LogP contribution is 2.30. The largest absolute Gasteiger partial charge is 0.396 e. The van der Waals surface area contributed by atoms with Gasteiger partial charge >= 0.3 is 0 Å². The molecule has 1 aromatic rings. The molecule has 102 valence electrons. The van der Waals surface area contributed by atoms with Gasteiger partial charge in [-0.2, -0.15) is 0 Å². The van der Waals surface area contributed by atoms with E-state index in [2.05, 4.69) is 15.9 Å². The van der Waals surface area contributed by atoms with Gasteiger partial charge in [0.2, 0.25) is 0 Å². The van der Waals surface area contributed by atoms with E-state index < -0.39 is 0 Å². The van der Waals surface area contributed by atoms with Crippen molar-refractivity contribution in [3.63, 3.8) is 0 Å². The molecular formula is C14H16BrNO3. The van der Waals surface area contributed by atoms with E-state index in [1.54, 1.807) is 18.2 Å². The van der Waals surface area contributed by atoms with Crippen molar-refractivity contribution in [2.24, 2.45) is 5.41 Å². The Morgan fingerprint density at radius 1 is 1.21 bits per heavy atom. The van der Waals surface area contributed by atoms with Crippen molar-refractivity contribution in [3.8, 4) is 0 Å². The van der Waals surface area contributed by atoms with Gasteiger partial charge in [-0.3, -0.25) is 14.5 Å². The average Bonchev–Trinajstić information content (AvgIpc) is 2.54. The fraction of sp³-hybridized carbons (Fsp3) is 0.429. The van der Waals surface area contributed by atoms with Gasteiger partial charge in [0.25, 0.3) is 11.8 Å². The molecule has 2 amide bonds. The maximum atomic E-state index is 12.3. The van der Waals surface area contributed by atoms with E-state index in [-0.39, 0.29) is 23.8 Å². The van der Waals surface area contributed by atoms with Gasteiger partial charge in [-0.1, -0.05) is 29.8 Å². The fourth-order valence-electron chi connectivity index (χ4n) is 2.22. The van der Waals surface area contributed by atoms with Gasteiger partial charge in [-0.25, -0.2) is 0 Å². The second-order valence-corrected chi connectivity index (χ2v) is 6.44. The molecule has 0 spiro atoms. The quantitative estimate of drug-likeness (QED) is 0.865. The van der Waals surface area contributed by atoms with Gasteiger partial charge in [-0.05, 0) is 30.0 Å². The summed E-state index contributed by atoms with van der Waals surface area (Å²) in [4.78, 5) is 25.8. The van der Waals surface area contributed by atoms with Crippen LogP contribution in [0.5, 0.6) is 0 Å². The van der Waals surface area contributed by atoms with Gasteiger partial charge in [0, 0.05) is 17.6 Å². The summed E-state index contributed by atoms with van der Waals surface area (Å²) >= 11 is 3.30. The Labute approximate surface area is 120 Å². The lowest BCUT2D eigenvalue weighted by Crippen LogP contribution is -2.38. The van der Waals surface area contributed by atoms with Gasteiger partial charge in [-0.15, -0.1) is 0 Å². The lowest BCUT2D eigenvalue weighted by atomic mass is 9.89. The van der Waals surface area contributed by atoms with Crippen LogP contribution in [0, 0.1) is 5.41 Å². The topological polar surface area (TPSA) is 57.6 Å². The first-order valence-corrected chi connectivity index (χ1v) is 6.92. The Kier molecular flexibility index (Phi) is 3.78. The number of aliphatic hydroxyl groups is 1. The average molecular weight is 326 g/mol. The lowest BCUT2D eigenvalue weighted by Gasteiger charge is -2.28. The summed E-state index contributed by atoms with van der Waals surface area (Å²) in [5.74, 6) is -0.508. The minimum atomic E-state index is -0.292. The number of carbonyl (C=O) groups is 2. The minimum absolute atomic E-state index is 0.0434. The van der Waals surface area contributed by atoms with Crippen LogP contribution in [0.2, 0.25) is 0 Å². The molecule has 5 heteroatoms. The normalized spacial score (nSPS) is 15.1. The van der Waals surface area contributed by atoms with Crippen LogP contribution in [-0.4, -0.2) is 35.0 Å². The van der Waals surface area contributed by atoms with Crippen LogP contribution in [0.1, 0.15) is 41.0 Å². The van der Waals surface area contributed by atoms with Crippen molar-refractivity contribution >= 4 is 27.7 Å². The Balaban J connectivity index is 2.28. The summed E-state index contributed by atoms with van der Waals surface area (Å²) in [6, 6.07) is 5.10. The smallest absolute Gasteiger partial charge is 0.261 e. The summed E-state index contributed by atoms with van der Waals surface area (Å²) < 4.78 is 0.781. The molecule has 0 unspecified atom stereocenters. The minimum Gasteiger partial charge on any atom is -0.396 e. The van der Waals surface area contributed by atoms with Crippen LogP contribution < -0.4 is 0 Å². The zero-order valence-electron chi connectivity index (χ0n) is 10.9. The second-order valence-electron chi connectivity index (χ2n) is 5.52. The van der Waals surface area contributed by atoms with E-state index in [1.165, 1.54) is 4.90 Å². The number of aliphatic hydroxyl groups excluding tert-OH is 1. The molecule has 0 fully saturated rings. The second kappa shape index (κ2) is 5.06. The zero-order chi connectivity index (χ0) is 14.2. The van der Waals surface area contributed by atoms with Gasteiger partial charge in [0.15, 0.2) is 0 Å². The molecule has 0 radical (unpaired) electrons. The molecule has 1 heterocycles. The van der Waals surface area contributed by atoms with Crippen LogP contribution in [0.25, 0.3) is 0 Å². The molecule has 1 aliphatic rings. The molecule has 4 nitrogen and oxygen atoms in total. The summed E-state index contributed by atoms with van der Waals surface area (Å²) in [6.45, 7) is 4.23. The van der Waals surface area contributed by atoms with Gasteiger partial charge in [0.05, 0.1) is 11.1 Å². The molecule has 0 aliphatic carbocycles. The number of hydrogen-bond donors (Lipinski definition) is 1. The molecule has 0 saturated heterocycles. The van der Waals surface area contributed by atoms with E-state index in [0.29, 0.717) is 24.1 Å². The first-order chi connectivity index (χ1) is 8.85. The van der Waals surface area contributed by atoms with E-state index in [1.807, 2.05) is 13.8 Å². The predicted octanol–water partition coefficient (Wildman–Crippen LogP) is 2.45. The first kappa shape index (κ1) is 14.2. The molecule has 2 rings (SSSR count). The van der Waals surface area contributed by atoms with Crippen LogP contribution in [-0.2, 0) is 0 Å². The maximum absolute atomic E-state index is 12.3. The van der Waals surface area contributed by atoms with Crippen LogP contribution in [0.15, 0.2) is 22.7 Å². The van der Waals surface area contributed by atoms with Gasteiger partial charge < -0.3 is 5.11 Å². The first-order valence-electron chi connectivity index (χ1n) is 6.12. The van der Waals surface area contributed by atoms with Crippen LogP contribution >= 0.6 is 15.9 Å². The SMILES string of the molecule is CC(C)(CCO)CN1C(=O)c2ccc(Br)cc2C1=O. The summed E-state index contributed by atoms with van der Waals surface area (Å²) in [5.41, 5.74) is 0.603. The number of rotatable bonds is 4. The molecule has 0 aromatic heterocycles. The zero-order valence-corrected chi connectivity index (χ0v) is 12.5. The lowest BCUT2D eigenvalue weighted by molar-refractivity contribution is 0.0568. The number of carbonyl (C=O) groups excluding carboxylic acids is 2. The van der Waals surface area contributed by atoms with Crippen molar-refractivity contribution in [3.05, 3.63) is 33.8 Å². The highest BCUT2D eigenvalue weighted by atomic mass is 79.9. The van der Waals surface area contributed by atoms with Crippen LogP contribution in [0.3, 0.4) is 0 Å². The number of halogens is 1. The van der Waals surface area contributed by atoms with E-state index in [0.717, 1.165) is 4.47 Å². The molecule has 0 bridgehead atoms. The number of imide groups is 1. The van der Waals surface area contributed by atoms with E-state index >= 15 is 0 Å². The summed E-state index contributed by atoms with van der Waals surface area (Å²) in [6.07, 6.45) is 0.546. The third kappa shape index (κ3) is 2.72. The number of benzene rings is 1. The van der Waals surface area contributed by atoms with Crippen molar-refractivity contribution in [2.45, 2.75) is 20.3 Å². The Hall–Kier alpha value is -1.20. The highest BCUT2D eigenvalue weighted by Gasteiger charge is 2.38. The van der Waals surface area contributed by atoms with E-state index in [9.17, 15) is 9.59 Å². The molecular weight excluding hydrogens is 310 g/mol. The number of amides is 2. The van der Waals surface area contributed by atoms with E-state index in [4.69, 9.17) is 5.11 Å². The third-order valence-electron chi connectivity index (χ3n) is 3.31. The molecule has 0 atom stereocenters.